The van der Waals surface area contributed by atoms with Crippen LogP contribution in [0.15, 0.2) is 23.1 Å². The van der Waals surface area contributed by atoms with Crippen molar-refractivity contribution in [3.63, 3.8) is 0 Å². The molecule has 9 heteroatoms. The van der Waals surface area contributed by atoms with Crippen molar-refractivity contribution in [1.82, 2.24) is 9.21 Å². The number of halogens is 1. The normalized spacial score (nSPS) is 16.6. The van der Waals surface area contributed by atoms with Crippen molar-refractivity contribution in [1.29, 1.82) is 0 Å². The summed E-state index contributed by atoms with van der Waals surface area (Å²) in [5.74, 6) is 0.412. The molecule has 1 aromatic carbocycles. The van der Waals surface area contributed by atoms with Crippen LogP contribution in [0.3, 0.4) is 0 Å². The molecule has 1 amide bonds. The Hall–Kier alpha value is -1.51. The summed E-state index contributed by atoms with van der Waals surface area (Å²) in [6.07, 6.45) is -0.433. The number of methoxy groups -OCH3 is 1. The Morgan fingerprint density at radius 1 is 1.16 bits per heavy atom. The van der Waals surface area contributed by atoms with E-state index >= 15 is 0 Å². The van der Waals surface area contributed by atoms with Gasteiger partial charge in [-0.2, -0.15) is 4.31 Å². The van der Waals surface area contributed by atoms with Crippen LogP contribution in [0, 0.1) is 0 Å². The quantitative estimate of drug-likeness (QED) is 0.792. The molecule has 0 spiro atoms. The Kier molecular flexibility index (Phi) is 5.86. The lowest BCUT2D eigenvalue weighted by molar-refractivity contribution is 0.0192. The van der Waals surface area contributed by atoms with Gasteiger partial charge in [0.15, 0.2) is 0 Å². The van der Waals surface area contributed by atoms with Gasteiger partial charge in [0.25, 0.3) is 0 Å². The molecule has 1 fully saturated rings. The van der Waals surface area contributed by atoms with Crippen LogP contribution in [-0.4, -0.2) is 62.6 Å². The van der Waals surface area contributed by atoms with Crippen molar-refractivity contribution in [2.24, 2.45) is 0 Å². The van der Waals surface area contributed by atoms with Gasteiger partial charge in [-0.15, -0.1) is 0 Å². The highest BCUT2D eigenvalue weighted by Gasteiger charge is 2.32. The summed E-state index contributed by atoms with van der Waals surface area (Å²) in [7, 11) is -2.22. The Bertz CT molecular complexity index is 737. The number of piperazine rings is 1. The van der Waals surface area contributed by atoms with E-state index in [1.54, 1.807) is 20.8 Å². The number of ether oxygens (including phenoxy) is 2. The predicted molar refractivity (Wildman–Crippen MR) is 94.6 cm³/mol. The topological polar surface area (TPSA) is 76.2 Å². The van der Waals surface area contributed by atoms with E-state index in [2.05, 4.69) is 0 Å². The van der Waals surface area contributed by atoms with Crippen LogP contribution in [0.1, 0.15) is 20.8 Å². The van der Waals surface area contributed by atoms with E-state index in [1.165, 1.54) is 34.5 Å². The Balaban J connectivity index is 2.06. The van der Waals surface area contributed by atoms with Crippen molar-refractivity contribution in [2.75, 3.05) is 33.3 Å². The molecule has 0 aromatic heterocycles. The van der Waals surface area contributed by atoms with Gasteiger partial charge in [-0.05, 0) is 39.0 Å². The average molecular weight is 391 g/mol. The first-order valence-corrected chi connectivity index (χ1v) is 9.68. The molecule has 0 saturated carbocycles. The third kappa shape index (κ3) is 4.77. The molecule has 0 atom stereocenters. The summed E-state index contributed by atoms with van der Waals surface area (Å²) in [4.78, 5) is 13.7. The minimum atomic E-state index is -3.68. The van der Waals surface area contributed by atoms with Gasteiger partial charge in [0.05, 0.1) is 17.0 Å². The second kappa shape index (κ2) is 7.39. The molecule has 0 unspecified atom stereocenters. The smallest absolute Gasteiger partial charge is 0.410 e. The number of rotatable bonds is 3. The molecule has 1 aliphatic rings. The van der Waals surface area contributed by atoms with Gasteiger partial charge in [-0.1, -0.05) is 11.6 Å². The van der Waals surface area contributed by atoms with E-state index in [-0.39, 0.29) is 36.1 Å². The van der Waals surface area contributed by atoms with Gasteiger partial charge in [-0.3, -0.25) is 0 Å². The predicted octanol–water partition coefficient (Wildman–Crippen LogP) is 2.59. The minimum absolute atomic E-state index is 0.101. The van der Waals surface area contributed by atoms with Crippen molar-refractivity contribution < 1.29 is 22.7 Å². The third-order valence-corrected chi connectivity index (χ3v) is 5.84. The fraction of sp³-hybridized carbons (Fsp3) is 0.562. The fourth-order valence-electron chi connectivity index (χ4n) is 2.39. The van der Waals surface area contributed by atoms with Gasteiger partial charge >= 0.3 is 6.09 Å². The highest BCUT2D eigenvalue weighted by atomic mass is 35.5. The van der Waals surface area contributed by atoms with Crippen LogP contribution in [0.5, 0.6) is 5.75 Å². The van der Waals surface area contributed by atoms with E-state index in [9.17, 15) is 13.2 Å². The van der Waals surface area contributed by atoms with Crippen LogP contribution < -0.4 is 4.74 Å². The molecule has 1 heterocycles. The molecule has 2 rings (SSSR count). The van der Waals surface area contributed by atoms with Crippen LogP contribution >= 0.6 is 11.6 Å². The third-order valence-electron chi connectivity index (χ3n) is 3.65. The zero-order valence-corrected chi connectivity index (χ0v) is 16.4. The van der Waals surface area contributed by atoms with Crippen molar-refractivity contribution in [3.8, 4) is 5.75 Å². The highest BCUT2D eigenvalue weighted by molar-refractivity contribution is 7.89. The number of hydrogen-bond donors (Lipinski definition) is 0. The molecule has 7 nitrogen and oxygen atoms in total. The number of nitrogens with zero attached hydrogens (tertiary/aromatic N) is 2. The highest BCUT2D eigenvalue weighted by Crippen LogP contribution is 2.28. The van der Waals surface area contributed by atoms with Gasteiger partial charge in [0.1, 0.15) is 11.4 Å². The summed E-state index contributed by atoms with van der Waals surface area (Å²) < 4.78 is 37.2. The number of carbonyl (C=O) groups excluding carboxylic acids is 1. The van der Waals surface area contributed by atoms with Crippen LogP contribution in [0.25, 0.3) is 0 Å². The second-order valence-electron chi connectivity index (χ2n) is 6.67. The number of carbonyl (C=O) groups is 1. The lowest BCUT2D eigenvalue weighted by Gasteiger charge is -2.35. The average Bonchev–Trinajstić information content (AvgIpc) is 2.53. The van der Waals surface area contributed by atoms with Crippen molar-refractivity contribution in [3.05, 3.63) is 23.2 Å². The van der Waals surface area contributed by atoms with E-state index in [0.717, 1.165) is 0 Å². The molecule has 1 saturated heterocycles. The molecule has 0 N–H and O–H groups in total. The Morgan fingerprint density at radius 3 is 2.24 bits per heavy atom. The SMILES string of the molecule is COc1ccc(S(=O)(=O)N2CCN(C(=O)OC(C)(C)C)CC2)cc1Cl. The Labute approximate surface area is 153 Å². The van der Waals surface area contributed by atoms with E-state index in [0.29, 0.717) is 5.75 Å². The molecule has 0 aliphatic carbocycles. The maximum Gasteiger partial charge on any atom is 0.410 e. The summed E-state index contributed by atoms with van der Waals surface area (Å²) in [6, 6.07) is 4.35. The first kappa shape index (κ1) is 19.8. The monoisotopic (exact) mass is 390 g/mol. The zero-order chi connectivity index (χ0) is 18.8. The molecule has 0 radical (unpaired) electrons. The van der Waals surface area contributed by atoms with Crippen LogP contribution in [0.4, 0.5) is 4.79 Å². The molecule has 0 bridgehead atoms. The second-order valence-corrected chi connectivity index (χ2v) is 9.01. The van der Waals surface area contributed by atoms with E-state index in [4.69, 9.17) is 21.1 Å². The number of sulfonamides is 1. The maximum atomic E-state index is 12.7. The lowest BCUT2D eigenvalue weighted by atomic mass is 10.2. The van der Waals surface area contributed by atoms with Crippen molar-refractivity contribution >= 4 is 27.7 Å². The summed E-state index contributed by atoms with van der Waals surface area (Å²) >= 11 is 6.02. The molecular weight excluding hydrogens is 368 g/mol. The molecule has 1 aliphatic heterocycles. The summed E-state index contributed by atoms with van der Waals surface area (Å²) in [5.41, 5.74) is -0.583. The lowest BCUT2D eigenvalue weighted by Crippen LogP contribution is -2.51. The van der Waals surface area contributed by atoms with E-state index < -0.39 is 21.7 Å². The van der Waals surface area contributed by atoms with E-state index in [1.807, 2.05) is 0 Å². The van der Waals surface area contributed by atoms with Crippen LogP contribution in [-0.2, 0) is 14.8 Å². The molecule has 1 aromatic rings. The van der Waals surface area contributed by atoms with Gasteiger partial charge < -0.3 is 14.4 Å². The number of hydrogen-bond acceptors (Lipinski definition) is 5. The minimum Gasteiger partial charge on any atom is -0.495 e. The molecule has 25 heavy (non-hydrogen) atoms. The molecular formula is C16H23ClN2O5S. The van der Waals surface area contributed by atoms with Gasteiger partial charge in [0.2, 0.25) is 10.0 Å². The largest absolute Gasteiger partial charge is 0.495 e. The zero-order valence-electron chi connectivity index (χ0n) is 14.8. The maximum absolute atomic E-state index is 12.7. The standard InChI is InChI=1S/C16H23ClN2O5S/c1-16(2,3)24-15(20)18-7-9-19(10-8-18)25(21,22)12-5-6-14(23-4)13(17)11-12/h5-6,11H,7-10H2,1-4H3. The van der Waals surface area contributed by atoms with Gasteiger partial charge in [0, 0.05) is 26.2 Å². The number of amides is 1. The summed E-state index contributed by atoms with van der Waals surface area (Å²) in [6.45, 7) is 6.32. The Morgan fingerprint density at radius 2 is 1.76 bits per heavy atom. The van der Waals surface area contributed by atoms with Crippen LogP contribution in [0.2, 0.25) is 5.02 Å². The van der Waals surface area contributed by atoms with Crippen molar-refractivity contribution in [2.45, 2.75) is 31.3 Å². The van der Waals surface area contributed by atoms with Gasteiger partial charge in [-0.25, -0.2) is 13.2 Å². The first-order chi connectivity index (χ1) is 11.5. The first-order valence-electron chi connectivity index (χ1n) is 7.86. The number of benzene rings is 1. The fourth-order valence-corrected chi connectivity index (χ4v) is 4.17. The molecule has 140 valence electrons. The summed E-state index contributed by atoms with van der Waals surface area (Å²) in [5, 5.41) is 0.232.